The van der Waals surface area contributed by atoms with E-state index in [0.29, 0.717) is 63.5 Å². The third-order valence-electron chi connectivity index (χ3n) is 10.5. The second-order valence-corrected chi connectivity index (χ2v) is 15.3. The fraction of sp³-hybridized carbons (Fsp3) is 0.741. The van der Waals surface area contributed by atoms with Crippen LogP contribution in [0, 0.1) is 46.3 Å². The van der Waals surface area contributed by atoms with Crippen LogP contribution in [0.3, 0.4) is 0 Å². The molecular formula is C27H39BrN2O3S. The molecule has 0 heterocycles. The lowest BCUT2D eigenvalue weighted by Crippen LogP contribution is -2.54. The molecule has 6 aliphatic rings. The van der Waals surface area contributed by atoms with Gasteiger partial charge in [0, 0.05) is 23.1 Å². The minimum Gasteiger partial charge on any atom is -0.352 e. The van der Waals surface area contributed by atoms with Gasteiger partial charge in [-0.05, 0) is 119 Å². The van der Waals surface area contributed by atoms with Gasteiger partial charge in [0.25, 0.3) is 5.91 Å². The number of sulfonamides is 1. The largest absolute Gasteiger partial charge is 0.352 e. The number of hydrogen-bond acceptors (Lipinski definition) is 3. The van der Waals surface area contributed by atoms with Gasteiger partial charge in [-0.3, -0.25) is 4.79 Å². The summed E-state index contributed by atoms with van der Waals surface area (Å²) < 4.78 is 29.6. The number of hydrogen-bond donors (Lipinski definition) is 2. The van der Waals surface area contributed by atoms with Crippen LogP contribution in [0.25, 0.3) is 0 Å². The molecule has 188 valence electrons. The van der Waals surface area contributed by atoms with Gasteiger partial charge in [-0.25, -0.2) is 13.1 Å². The number of carbonyl (C=O) groups excluding carboxylic acids is 1. The molecule has 5 nitrogen and oxygen atoms in total. The molecule has 4 bridgehead atoms. The number of carbonyl (C=O) groups is 1. The zero-order chi connectivity index (χ0) is 24.5. The van der Waals surface area contributed by atoms with E-state index in [1.165, 1.54) is 31.7 Å². The Kier molecular flexibility index (Phi) is 6.25. The molecule has 7 heteroatoms. The van der Waals surface area contributed by atoms with Crippen molar-refractivity contribution >= 4 is 31.9 Å². The maximum atomic E-state index is 13.1. The molecule has 1 aromatic rings. The van der Waals surface area contributed by atoms with Crippen LogP contribution >= 0.6 is 15.9 Å². The summed E-state index contributed by atoms with van der Waals surface area (Å²) in [5.74, 6) is 3.63. The van der Waals surface area contributed by atoms with Gasteiger partial charge in [0.15, 0.2) is 0 Å². The second-order valence-electron chi connectivity index (χ2n) is 12.7. The fourth-order valence-corrected chi connectivity index (χ4v) is 9.78. The lowest BCUT2D eigenvalue weighted by Gasteiger charge is -2.60. The van der Waals surface area contributed by atoms with Crippen molar-refractivity contribution in [2.75, 3.05) is 13.1 Å². The first kappa shape index (κ1) is 24.8. The molecule has 6 aliphatic carbocycles. The zero-order valence-electron chi connectivity index (χ0n) is 20.9. The van der Waals surface area contributed by atoms with E-state index in [4.69, 9.17) is 0 Å². The van der Waals surface area contributed by atoms with E-state index in [2.05, 4.69) is 53.7 Å². The molecule has 1 amide bonds. The van der Waals surface area contributed by atoms with Crippen molar-refractivity contribution in [2.45, 2.75) is 71.1 Å². The van der Waals surface area contributed by atoms with E-state index < -0.39 is 10.0 Å². The summed E-state index contributed by atoms with van der Waals surface area (Å²) in [4.78, 5) is 13.1. The molecule has 0 radical (unpaired) electrons. The number of rotatable bonds is 7. The molecule has 0 spiro atoms. The van der Waals surface area contributed by atoms with Crippen LogP contribution in [0.2, 0.25) is 0 Å². The van der Waals surface area contributed by atoms with E-state index in [1.807, 2.05) is 0 Å². The van der Waals surface area contributed by atoms with E-state index in [-0.39, 0.29) is 10.8 Å². The molecule has 2 N–H and O–H groups in total. The summed E-state index contributed by atoms with van der Waals surface area (Å²) in [5, 5.41) is 3.09. The average molecular weight is 552 g/mol. The maximum Gasteiger partial charge on any atom is 0.251 e. The highest BCUT2D eigenvalue weighted by Gasteiger charge is 2.54. The third-order valence-corrected chi connectivity index (χ3v) is 12.9. The van der Waals surface area contributed by atoms with Crippen molar-refractivity contribution in [3.05, 3.63) is 28.2 Å². The van der Waals surface area contributed by atoms with Crippen molar-refractivity contribution < 1.29 is 13.2 Å². The summed E-state index contributed by atoms with van der Waals surface area (Å²) in [6.45, 7) is 10.5. The van der Waals surface area contributed by atoms with E-state index in [0.717, 1.165) is 18.8 Å². The van der Waals surface area contributed by atoms with Gasteiger partial charge >= 0.3 is 0 Å². The summed E-state index contributed by atoms with van der Waals surface area (Å²) in [6, 6.07) is 4.87. The molecule has 6 saturated carbocycles. The second kappa shape index (κ2) is 8.58. The molecule has 0 aliphatic heterocycles. The highest BCUT2D eigenvalue weighted by atomic mass is 79.9. The number of nitrogens with one attached hydrogen (secondary N) is 2. The topological polar surface area (TPSA) is 75.3 Å². The molecule has 6 fully saturated rings. The number of fused-ring (bicyclic) bond motifs is 4. The van der Waals surface area contributed by atoms with Crippen molar-refractivity contribution in [1.29, 1.82) is 0 Å². The van der Waals surface area contributed by atoms with E-state index in [9.17, 15) is 13.2 Å². The van der Waals surface area contributed by atoms with Gasteiger partial charge in [0.05, 0.1) is 4.90 Å². The Labute approximate surface area is 213 Å². The van der Waals surface area contributed by atoms with Crippen LogP contribution in [-0.4, -0.2) is 27.4 Å². The highest BCUT2D eigenvalue weighted by molar-refractivity contribution is 9.10. The summed E-state index contributed by atoms with van der Waals surface area (Å²) in [5.41, 5.74) is 1.19. The first-order valence-electron chi connectivity index (χ1n) is 13.0. The van der Waals surface area contributed by atoms with Gasteiger partial charge in [-0.2, -0.15) is 0 Å². The third kappa shape index (κ3) is 4.17. The molecule has 3 unspecified atom stereocenters. The van der Waals surface area contributed by atoms with Gasteiger partial charge in [-0.15, -0.1) is 0 Å². The summed E-state index contributed by atoms with van der Waals surface area (Å²) in [7, 11) is -3.71. The lowest BCUT2D eigenvalue weighted by atomic mass is 9.45. The smallest absolute Gasteiger partial charge is 0.251 e. The molecule has 7 rings (SSSR count). The Bertz CT molecular complexity index is 1070. The normalized spacial score (nSPS) is 35.1. The Morgan fingerprint density at radius 3 is 2.29 bits per heavy atom. The van der Waals surface area contributed by atoms with Gasteiger partial charge in [0.1, 0.15) is 0 Å². The van der Waals surface area contributed by atoms with Crippen LogP contribution in [0.4, 0.5) is 0 Å². The van der Waals surface area contributed by atoms with Crippen molar-refractivity contribution in [1.82, 2.24) is 10.0 Å². The maximum absolute atomic E-state index is 13.1. The predicted octanol–water partition coefficient (Wildman–Crippen LogP) is 5.60. The summed E-state index contributed by atoms with van der Waals surface area (Å²) >= 11 is 3.39. The van der Waals surface area contributed by atoms with Gasteiger partial charge in [-0.1, -0.05) is 27.7 Å². The number of halogens is 1. The minimum atomic E-state index is -3.71. The Hall–Kier alpha value is -0.920. The van der Waals surface area contributed by atoms with Crippen LogP contribution in [-0.2, 0) is 10.0 Å². The van der Waals surface area contributed by atoms with Crippen LogP contribution in [0.1, 0.15) is 76.6 Å². The van der Waals surface area contributed by atoms with Crippen molar-refractivity contribution in [2.24, 2.45) is 46.3 Å². The lowest BCUT2D eigenvalue weighted by molar-refractivity contribution is -0.103. The molecule has 1 aromatic carbocycles. The number of amides is 1. The van der Waals surface area contributed by atoms with Crippen LogP contribution in [0.15, 0.2) is 27.6 Å². The van der Waals surface area contributed by atoms with Gasteiger partial charge in [0.2, 0.25) is 10.0 Å². The quantitative estimate of drug-likeness (QED) is 0.463. The Balaban J connectivity index is 1.20. The fourth-order valence-electron chi connectivity index (χ4n) is 7.68. The van der Waals surface area contributed by atoms with Crippen LogP contribution in [0.5, 0.6) is 0 Å². The van der Waals surface area contributed by atoms with E-state index >= 15 is 0 Å². The number of benzene rings is 1. The molecular weight excluding hydrogens is 512 g/mol. The Morgan fingerprint density at radius 2 is 1.68 bits per heavy atom. The highest BCUT2D eigenvalue weighted by Crippen LogP contribution is 2.61. The molecule has 34 heavy (non-hydrogen) atoms. The first-order chi connectivity index (χ1) is 15.9. The molecule has 6 atom stereocenters. The van der Waals surface area contributed by atoms with Gasteiger partial charge < -0.3 is 5.32 Å². The SMILES string of the molecule is CC1(C)C2CC(CNS(=O)(=O)c3cc(C(=O)NCC4CC[C@@H]5C[C@@H]4C5(C)C)ccc3Br)C[C@@H]1C2. The summed E-state index contributed by atoms with van der Waals surface area (Å²) in [6.07, 6.45) is 7.17. The molecule has 0 aromatic heterocycles. The predicted molar refractivity (Wildman–Crippen MR) is 138 cm³/mol. The van der Waals surface area contributed by atoms with E-state index in [1.54, 1.807) is 12.1 Å². The zero-order valence-corrected chi connectivity index (χ0v) is 23.3. The average Bonchev–Trinajstić information content (AvgIpc) is 2.81. The Morgan fingerprint density at radius 1 is 0.971 bits per heavy atom. The minimum absolute atomic E-state index is 0.141. The van der Waals surface area contributed by atoms with Crippen LogP contribution < -0.4 is 10.0 Å². The monoisotopic (exact) mass is 550 g/mol. The van der Waals surface area contributed by atoms with Crippen molar-refractivity contribution in [3.8, 4) is 0 Å². The molecule has 0 saturated heterocycles. The first-order valence-corrected chi connectivity index (χ1v) is 15.2. The standard InChI is InChI=1S/C27H39BrN2O3S/c1-26(2)20-9-16(10-21(26)12-20)14-30-34(32,33)24-11-17(6-8-23(24)28)25(31)29-15-18-5-7-19-13-22(18)27(19,3)4/h6,8,11,16,18-22,30H,5,7,9-10,12-15H2,1-4H3,(H,29,31)/t16?,18?,19-,20-,21?,22+/m1/s1. The van der Waals surface area contributed by atoms with Crippen molar-refractivity contribution in [3.63, 3.8) is 0 Å².